The highest BCUT2D eigenvalue weighted by Crippen LogP contribution is 2.05. The van der Waals surface area contributed by atoms with Gasteiger partial charge in [0.05, 0.1) is 6.61 Å². The Morgan fingerprint density at radius 1 is 1.17 bits per heavy atom. The third-order valence-electron chi connectivity index (χ3n) is 1.95. The molecule has 18 heavy (non-hydrogen) atoms. The molecule has 0 rings (SSSR count). The molecule has 0 aliphatic rings. The molecule has 0 saturated heterocycles. The van der Waals surface area contributed by atoms with E-state index < -0.39 is 14.8 Å². The van der Waals surface area contributed by atoms with E-state index in [0.717, 1.165) is 12.8 Å². The minimum Gasteiger partial charge on any atom is -0.769 e. The summed E-state index contributed by atoms with van der Waals surface area (Å²) < 4.78 is 21.3. The summed E-state index contributed by atoms with van der Waals surface area (Å²) >= 11 is -1.78. The quantitative estimate of drug-likeness (QED) is 0.153. The lowest BCUT2D eigenvalue weighted by Crippen LogP contribution is -2.20. The number of hydrogen-bond acceptors (Lipinski definition) is 4. The Kier molecular flexibility index (Phi) is 11.0. The molecule has 0 aromatic carbocycles. The SMILES string of the molecule is CCCC[O][Al-]([CH3])[O]C(=CC(=[OH+])OCC)OCC. The third kappa shape index (κ3) is 9.34. The Hall–Kier alpha value is -0.698. The van der Waals surface area contributed by atoms with Crippen molar-refractivity contribution in [2.75, 3.05) is 19.8 Å². The first-order chi connectivity index (χ1) is 8.63. The Bertz CT molecular complexity index is 255. The van der Waals surface area contributed by atoms with E-state index in [-0.39, 0.29) is 11.9 Å². The molecule has 6 heteroatoms. The van der Waals surface area contributed by atoms with E-state index in [0.29, 0.717) is 19.8 Å². The molecular formula is C12H24AlO5. The Morgan fingerprint density at radius 3 is 2.39 bits per heavy atom. The zero-order chi connectivity index (χ0) is 13.8. The minimum absolute atomic E-state index is 0.212. The maximum Gasteiger partial charge on any atom is 0.517 e. The van der Waals surface area contributed by atoms with E-state index in [1.165, 1.54) is 6.08 Å². The molecule has 1 N–H and O–H groups in total. The van der Waals surface area contributed by atoms with Crippen molar-refractivity contribution in [2.45, 2.75) is 39.4 Å². The van der Waals surface area contributed by atoms with Gasteiger partial charge in [-0.2, -0.15) is 5.79 Å². The van der Waals surface area contributed by atoms with Crippen LogP contribution in [0.3, 0.4) is 0 Å². The number of rotatable bonds is 10. The summed E-state index contributed by atoms with van der Waals surface area (Å²) in [5.74, 6) is 1.95. The summed E-state index contributed by atoms with van der Waals surface area (Å²) in [6, 6.07) is 0. The van der Waals surface area contributed by atoms with Crippen LogP contribution in [0.1, 0.15) is 33.6 Å². The zero-order valence-electron chi connectivity index (χ0n) is 11.8. The molecule has 0 aliphatic carbocycles. The predicted octanol–water partition coefficient (Wildman–Crippen LogP) is 2.35. The molecule has 0 unspecified atom stereocenters. The summed E-state index contributed by atoms with van der Waals surface area (Å²) in [6.45, 7) is 7.29. The van der Waals surface area contributed by atoms with Crippen LogP contribution < -0.4 is 0 Å². The van der Waals surface area contributed by atoms with Crippen molar-refractivity contribution in [3.8, 4) is 0 Å². The molecule has 0 heterocycles. The van der Waals surface area contributed by atoms with Crippen LogP contribution in [0.25, 0.3) is 0 Å². The van der Waals surface area contributed by atoms with Crippen molar-refractivity contribution in [3.05, 3.63) is 12.0 Å². The molecule has 0 bridgehead atoms. The van der Waals surface area contributed by atoms with E-state index in [1.54, 1.807) is 6.92 Å². The molecule has 0 saturated carbocycles. The third-order valence-corrected chi connectivity index (χ3v) is 3.22. The summed E-state index contributed by atoms with van der Waals surface area (Å²) in [7, 11) is 0. The lowest BCUT2D eigenvalue weighted by molar-refractivity contribution is 0.0926. The fraction of sp³-hybridized carbons (Fsp3) is 0.750. The summed E-state index contributed by atoms with van der Waals surface area (Å²) in [4.78, 5) is 9.41. The largest absolute Gasteiger partial charge is 0.769 e. The number of esters is 1. The van der Waals surface area contributed by atoms with Crippen molar-refractivity contribution in [1.29, 1.82) is 0 Å². The van der Waals surface area contributed by atoms with Gasteiger partial charge >= 0.3 is 20.8 Å². The van der Waals surface area contributed by atoms with E-state index in [9.17, 15) is 4.79 Å². The van der Waals surface area contributed by atoms with E-state index >= 15 is 0 Å². The summed E-state index contributed by atoms with van der Waals surface area (Å²) in [6.07, 6.45) is 3.44. The Morgan fingerprint density at radius 2 is 1.83 bits per heavy atom. The second-order valence-electron chi connectivity index (χ2n) is 3.58. The zero-order valence-corrected chi connectivity index (χ0v) is 12.9. The first-order valence-corrected chi connectivity index (χ1v) is 8.55. The van der Waals surface area contributed by atoms with Gasteiger partial charge in [-0.05, 0) is 26.9 Å². The van der Waals surface area contributed by atoms with Crippen LogP contribution >= 0.6 is 0 Å². The number of carbonyl (C=O) groups excluding carboxylic acids is 1. The van der Waals surface area contributed by atoms with E-state index in [1.807, 2.05) is 12.7 Å². The number of ether oxygens (including phenoxy) is 2. The Balaban J connectivity index is 4.20. The molecule has 1 radical (unpaired) electrons. The average Bonchev–Trinajstić information content (AvgIpc) is 2.29. The van der Waals surface area contributed by atoms with E-state index in [4.69, 9.17) is 17.1 Å². The van der Waals surface area contributed by atoms with Gasteiger partial charge in [-0.15, -0.1) is 0 Å². The van der Waals surface area contributed by atoms with Gasteiger partial charge in [0, 0.05) is 0 Å². The second kappa shape index (κ2) is 11.4. The smallest absolute Gasteiger partial charge is 0.517 e. The molecule has 0 atom stereocenters. The standard InChI is InChI=1S/C7H12O4.C4H9O.CH3.Al/c1-3-10-6(8)5-7(9)11-4-2;1-2-3-4-5;;/h5,8H,3-4H2,1-2H3;2-4H2,1H3;1H3;/q;-1;;+1. The van der Waals surface area contributed by atoms with Gasteiger partial charge in [-0.1, -0.05) is 13.3 Å². The monoisotopic (exact) mass is 275 g/mol. The minimum atomic E-state index is -1.78. The molecular weight excluding hydrogens is 251 g/mol. The van der Waals surface area contributed by atoms with Crippen molar-refractivity contribution < 1.29 is 21.8 Å². The molecule has 0 fully saturated rings. The van der Waals surface area contributed by atoms with Crippen LogP contribution in [0.15, 0.2) is 12.0 Å². The molecule has 0 aromatic heterocycles. The lowest BCUT2D eigenvalue weighted by atomic mass is 10.4. The maximum absolute atomic E-state index is 9.41. The van der Waals surface area contributed by atoms with Crippen molar-refractivity contribution >= 4 is 20.8 Å². The number of unbranched alkanes of at least 4 members (excludes halogenated alkanes) is 1. The van der Waals surface area contributed by atoms with Gasteiger partial charge in [0.2, 0.25) is 5.95 Å². The highest BCUT2D eigenvalue weighted by molar-refractivity contribution is 6.42. The van der Waals surface area contributed by atoms with Gasteiger partial charge in [0.15, 0.2) is 12.7 Å². The van der Waals surface area contributed by atoms with Crippen molar-refractivity contribution in [2.24, 2.45) is 0 Å². The van der Waals surface area contributed by atoms with Crippen LogP contribution in [-0.4, -0.2) is 45.4 Å². The van der Waals surface area contributed by atoms with Crippen LogP contribution in [-0.2, 0) is 17.1 Å². The summed E-state index contributed by atoms with van der Waals surface area (Å²) in [5, 5.41) is 0. The van der Waals surface area contributed by atoms with Crippen LogP contribution in [0, 0.1) is 0 Å². The van der Waals surface area contributed by atoms with Crippen LogP contribution in [0.4, 0.5) is 0 Å². The number of hydrogen-bond donors (Lipinski definition) is 0. The highest BCUT2D eigenvalue weighted by Gasteiger charge is 2.11. The Labute approximate surface area is 114 Å². The lowest BCUT2D eigenvalue weighted by Gasteiger charge is -2.27. The van der Waals surface area contributed by atoms with E-state index in [2.05, 4.69) is 6.92 Å². The normalized spacial score (nSPS) is 11.5. The van der Waals surface area contributed by atoms with Gasteiger partial charge in [-0.3, -0.25) is 0 Å². The molecule has 0 aromatic rings. The average molecular weight is 275 g/mol. The molecule has 0 amide bonds. The van der Waals surface area contributed by atoms with Crippen molar-refractivity contribution in [1.82, 2.24) is 0 Å². The van der Waals surface area contributed by atoms with Gasteiger partial charge in [-0.25, -0.2) is 0 Å². The molecule has 105 valence electrons. The van der Waals surface area contributed by atoms with Crippen LogP contribution in [0.5, 0.6) is 0 Å². The highest BCUT2D eigenvalue weighted by atomic mass is 27.2. The first-order valence-electron chi connectivity index (χ1n) is 6.45. The fourth-order valence-corrected chi connectivity index (χ4v) is 2.16. The topological polar surface area (TPSA) is 58.3 Å². The van der Waals surface area contributed by atoms with Gasteiger partial charge < -0.3 is 21.8 Å². The maximum atomic E-state index is 9.41. The molecule has 5 nitrogen and oxygen atoms in total. The summed E-state index contributed by atoms with van der Waals surface area (Å²) in [5.41, 5.74) is 0. The molecule has 0 aliphatic heterocycles. The van der Waals surface area contributed by atoms with Gasteiger partial charge in [0.1, 0.15) is 0 Å². The van der Waals surface area contributed by atoms with Crippen LogP contribution in [0.2, 0.25) is 5.79 Å². The van der Waals surface area contributed by atoms with Crippen molar-refractivity contribution in [3.63, 3.8) is 0 Å². The molecule has 0 spiro atoms. The fourth-order valence-electron chi connectivity index (χ4n) is 1.13. The first kappa shape index (κ1) is 17.3. The second-order valence-corrected chi connectivity index (χ2v) is 5.28. The predicted molar refractivity (Wildman–Crippen MR) is 71.8 cm³/mol. The van der Waals surface area contributed by atoms with Gasteiger partial charge in [0.25, 0.3) is 0 Å².